The molecule has 1 heterocycles. The maximum atomic E-state index is 13.3. The van der Waals surface area contributed by atoms with Crippen LogP contribution in [0.15, 0.2) is 76.2 Å². The van der Waals surface area contributed by atoms with Crippen molar-refractivity contribution in [1.29, 1.82) is 0 Å². The smallest absolute Gasteiger partial charge is 0.416 e. The highest BCUT2D eigenvalue weighted by Crippen LogP contribution is 2.34. The van der Waals surface area contributed by atoms with E-state index in [0.717, 1.165) is 16.4 Å². The zero-order valence-corrected chi connectivity index (χ0v) is 16.8. The molecule has 0 aliphatic heterocycles. The normalized spacial score (nSPS) is 13.6. The van der Waals surface area contributed by atoms with Gasteiger partial charge in [0.15, 0.2) is 0 Å². The maximum absolute atomic E-state index is 13.3. The molecule has 0 saturated carbocycles. The molecule has 0 bridgehead atoms. The van der Waals surface area contributed by atoms with Crippen molar-refractivity contribution >= 4 is 21.6 Å². The lowest BCUT2D eigenvalue weighted by Gasteiger charge is -2.28. The Morgan fingerprint density at radius 1 is 1.07 bits per heavy atom. The highest BCUT2D eigenvalue weighted by molar-refractivity contribution is 7.89. The van der Waals surface area contributed by atoms with Crippen LogP contribution in [0.2, 0.25) is 5.02 Å². The molecule has 0 radical (unpaired) electrons. The average molecular weight is 444 g/mol. The fourth-order valence-electron chi connectivity index (χ4n) is 2.87. The second kappa shape index (κ2) is 8.22. The molecule has 0 aliphatic carbocycles. The first-order valence-electron chi connectivity index (χ1n) is 8.56. The largest absolute Gasteiger partial charge is 0.468 e. The van der Waals surface area contributed by atoms with Gasteiger partial charge in [0.25, 0.3) is 0 Å². The number of benzene rings is 2. The Morgan fingerprint density at radius 2 is 1.76 bits per heavy atom. The fraction of sp³-hybridized carbons (Fsp3) is 0.200. The van der Waals surface area contributed by atoms with Crippen LogP contribution >= 0.6 is 11.6 Å². The van der Waals surface area contributed by atoms with Gasteiger partial charge in [0.2, 0.25) is 10.0 Å². The molecule has 0 fully saturated rings. The van der Waals surface area contributed by atoms with Gasteiger partial charge in [0, 0.05) is 11.1 Å². The summed E-state index contributed by atoms with van der Waals surface area (Å²) in [6.07, 6.45) is -3.13. The number of sulfonamides is 1. The second-order valence-corrected chi connectivity index (χ2v) is 8.71. The number of rotatable bonds is 6. The van der Waals surface area contributed by atoms with Gasteiger partial charge < -0.3 is 4.42 Å². The highest BCUT2D eigenvalue weighted by Gasteiger charge is 2.34. The molecular formula is C20H17ClF3NO3S. The van der Waals surface area contributed by atoms with Gasteiger partial charge in [-0.25, -0.2) is 8.42 Å². The van der Waals surface area contributed by atoms with Crippen molar-refractivity contribution in [2.24, 2.45) is 0 Å². The van der Waals surface area contributed by atoms with Gasteiger partial charge in [-0.2, -0.15) is 17.5 Å². The number of nitrogens with zero attached hydrogens (tertiary/aromatic N) is 1. The molecule has 1 unspecified atom stereocenters. The van der Waals surface area contributed by atoms with Crippen LogP contribution in [0.1, 0.15) is 29.9 Å². The predicted molar refractivity (Wildman–Crippen MR) is 103 cm³/mol. The van der Waals surface area contributed by atoms with Crippen LogP contribution in [-0.4, -0.2) is 12.7 Å². The Hall–Kier alpha value is -2.29. The Labute approximate surface area is 171 Å². The fourth-order valence-corrected chi connectivity index (χ4v) is 4.58. The van der Waals surface area contributed by atoms with Crippen LogP contribution in [0.3, 0.4) is 0 Å². The van der Waals surface area contributed by atoms with Crippen molar-refractivity contribution in [3.05, 3.63) is 88.8 Å². The van der Waals surface area contributed by atoms with Crippen molar-refractivity contribution < 1.29 is 26.0 Å². The molecule has 1 aromatic heterocycles. The summed E-state index contributed by atoms with van der Waals surface area (Å²) < 4.78 is 72.3. The Bertz CT molecular complexity index is 1070. The molecule has 3 aromatic rings. The monoisotopic (exact) mass is 443 g/mol. The number of alkyl halides is 3. The van der Waals surface area contributed by atoms with E-state index in [2.05, 4.69) is 0 Å². The van der Waals surface area contributed by atoms with E-state index in [-0.39, 0.29) is 17.0 Å². The highest BCUT2D eigenvalue weighted by atomic mass is 35.5. The van der Waals surface area contributed by atoms with E-state index in [1.807, 2.05) is 0 Å². The minimum absolute atomic E-state index is 0.0210. The number of hydrogen-bond acceptors (Lipinski definition) is 3. The van der Waals surface area contributed by atoms with Crippen molar-refractivity contribution in [1.82, 2.24) is 4.31 Å². The molecule has 2 aromatic carbocycles. The van der Waals surface area contributed by atoms with E-state index in [9.17, 15) is 21.6 Å². The molecule has 4 nitrogen and oxygen atoms in total. The van der Waals surface area contributed by atoms with E-state index in [1.54, 1.807) is 12.1 Å². The standard InChI is InChI=1S/C20H17ClF3NO3S/c1-14(15-4-2-5-16(12-15)20(22,23)24)25(13-18-6-3-11-28-18)29(26,27)19-9-7-17(21)8-10-19/h2-12,14H,13H2,1H3. The molecule has 0 amide bonds. The SMILES string of the molecule is CC(c1cccc(C(F)(F)F)c1)N(Cc1ccco1)S(=O)(=O)c1ccc(Cl)cc1. The summed E-state index contributed by atoms with van der Waals surface area (Å²) in [7, 11) is -4.06. The summed E-state index contributed by atoms with van der Waals surface area (Å²) in [6, 6.07) is 12.5. The van der Waals surface area contributed by atoms with Gasteiger partial charge in [0.1, 0.15) is 5.76 Å². The molecular weight excluding hydrogens is 427 g/mol. The first kappa shape index (κ1) is 21.4. The van der Waals surface area contributed by atoms with Crippen molar-refractivity contribution in [2.45, 2.75) is 30.6 Å². The number of furan rings is 1. The van der Waals surface area contributed by atoms with Gasteiger partial charge in [-0.3, -0.25) is 0 Å². The van der Waals surface area contributed by atoms with Crippen molar-refractivity contribution in [2.75, 3.05) is 0 Å². The third kappa shape index (κ3) is 4.83. The third-order valence-corrected chi connectivity index (χ3v) is 6.62. The molecule has 0 spiro atoms. The topological polar surface area (TPSA) is 50.5 Å². The van der Waals surface area contributed by atoms with Gasteiger partial charge in [0.05, 0.1) is 23.3 Å². The van der Waals surface area contributed by atoms with Gasteiger partial charge in [-0.05, 0) is 61.0 Å². The Kier molecular flexibility index (Phi) is 6.07. The van der Waals surface area contributed by atoms with Crippen LogP contribution < -0.4 is 0 Å². The predicted octanol–water partition coefficient (Wildman–Crippen LogP) is 5.90. The van der Waals surface area contributed by atoms with E-state index in [0.29, 0.717) is 10.8 Å². The van der Waals surface area contributed by atoms with E-state index >= 15 is 0 Å². The molecule has 3 rings (SSSR count). The lowest BCUT2D eigenvalue weighted by molar-refractivity contribution is -0.137. The molecule has 154 valence electrons. The van der Waals surface area contributed by atoms with Gasteiger partial charge in [-0.15, -0.1) is 0 Å². The minimum atomic E-state index is -4.53. The Balaban J connectivity index is 2.05. The zero-order chi connectivity index (χ0) is 21.2. The average Bonchev–Trinajstić information content (AvgIpc) is 3.18. The van der Waals surface area contributed by atoms with Crippen LogP contribution in [0.4, 0.5) is 13.2 Å². The van der Waals surface area contributed by atoms with Gasteiger partial charge in [-0.1, -0.05) is 23.7 Å². The lowest BCUT2D eigenvalue weighted by Crippen LogP contribution is -2.33. The molecule has 9 heteroatoms. The first-order valence-corrected chi connectivity index (χ1v) is 10.4. The molecule has 0 N–H and O–H groups in total. The number of halogens is 4. The minimum Gasteiger partial charge on any atom is -0.468 e. The second-order valence-electron chi connectivity index (χ2n) is 6.38. The van der Waals surface area contributed by atoms with Crippen LogP contribution in [0.25, 0.3) is 0 Å². The summed E-state index contributed by atoms with van der Waals surface area (Å²) in [5.41, 5.74) is -0.632. The quantitative estimate of drug-likeness (QED) is 0.476. The van der Waals surface area contributed by atoms with Crippen molar-refractivity contribution in [3.8, 4) is 0 Å². The van der Waals surface area contributed by atoms with Crippen molar-refractivity contribution in [3.63, 3.8) is 0 Å². The zero-order valence-electron chi connectivity index (χ0n) is 15.2. The van der Waals surface area contributed by atoms with Gasteiger partial charge >= 0.3 is 6.18 Å². The molecule has 29 heavy (non-hydrogen) atoms. The first-order chi connectivity index (χ1) is 13.6. The molecule has 1 atom stereocenters. The summed E-state index contributed by atoms with van der Waals surface area (Å²) in [5, 5.41) is 0.368. The van der Waals surface area contributed by atoms with Crippen LogP contribution in [-0.2, 0) is 22.7 Å². The van der Waals surface area contributed by atoms with E-state index < -0.39 is 27.8 Å². The summed E-state index contributed by atoms with van der Waals surface area (Å²) in [4.78, 5) is -0.0210. The molecule has 0 aliphatic rings. The van der Waals surface area contributed by atoms with Crippen LogP contribution in [0.5, 0.6) is 0 Å². The van der Waals surface area contributed by atoms with E-state index in [1.165, 1.54) is 49.6 Å². The summed E-state index contributed by atoms with van der Waals surface area (Å²) in [6.45, 7) is 1.39. The number of hydrogen-bond donors (Lipinski definition) is 0. The Morgan fingerprint density at radius 3 is 2.34 bits per heavy atom. The third-order valence-electron chi connectivity index (χ3n) is 4.44. The van der Waals surface area contributed by atoms with E-state index in [4.69, 9.17) is 16.0 Å². The lowest BCUT2D eigenvalue weighted by atomic mass is 10.0. The van der Waals surface area contributed by atoms with Crippen LogP contribution in [0, 0.1) is 0 Å². The summed E-state index contributed by atoms with van der Waals surface area (Å²) >= 11 is 5.85. The summed E-state index contributed by atoms with van der Waals surface area (Å²) in [5.74, 6) is 0.362. The maximum Gasteiger partial charge on any atom is 0.416 e. The molecule has 0 saturated heterocycles.